The number of nitrogens with zero attached hydrogens (tertiary/aromatic N) is 5. The Morgan fingerprint density at radius 1 is 1.33 bits per heavy atom. The van der Waals surface area contributed by atoms with Crippen LogP contribution in [0, 0.1) is 11.3 Å². The van der Waals surface area contributed by atoms with Crippen molar-refractivity contribution in [3.63, 3.8) is 0 Å². The minimum absolute atomic E-state index is 0.00546. The van der Waals surface area contributed by atoms with Crippen molar-refractivity contribution >= 4 is 39.7 Å². The van der Waals surface area contributed by atoms with Gasteiger partial charge in [0, 0.05) is 24.9 Å². The van der Waals surface area contributed by atoms with Gasteiger partial charge in [-0.05, 0) is 48.4 Å². The molecule has 1 aromatic heterocycles. The van der Waals surface area contributed by atoms with E-state index in [1.807, 2.05) is 12.1 Å². The van der Waals surface area contributed by atoms with Crippen molar-refractivity contribution in [2.75, 3.05) is 18.5 Å². The van der Waals surface area contributed by atoms with Gasteiger partial charge in [0.05, 0.1) is 29.2 Å². The smallest absolute Gasteiger partial charge is 0.416 e. The van der Waals surface area contributed by atoms with E-state index in [2.05, 4.69) is 10.2 Å². The molecule has 1 N–H and O–H groups in total. The number of carboxylic acid groups (broad SMARTS) is 1. The second-order valence-electron chi connectivity index (χ2n) is 7.77. The van der Waals surface area contributed by atoms with Crippen molar-refractivity contribution in [2.24, 2.45) is 4.99 Å². The third-order valence-electron chi connectivity index (χ3n) is 5.42. The fraction of sp³-hybridized carbons (Fsp3) is 0.381. The summed E-state index contributed by atoms with van der Waals surface area (Å²) in [6.45, 7) is 0.307. The molecule has 7 nitrogen and oxygen atoms in total. The molecule has 0 bridgehead atoms. The van der Waals surface area contributed by atoms with Gasteiger partial charge in [0.15, 0.2) is 5.82 Å². The summed E-state index contributed by atoms with van der Waals surface area (Å²) in [4.78, 5) is 17.4. The summed E-state index contributed by atoms with van der Waals surface area (Å²) in [6, 6.07) is 6.94. The molecule has 0 radical (unpaired) electrons. The van der Waals surface area contributed by atoms with E-state index < -0.39 is 17.7 Å². The average Bonchev–Trinajstić information content (AvgIpc) is 3.54. The van der Waals surface area contributed by atoms with Gasteiger partial charge in [-0.1, -0.05) is 17.8 Å². The van der Waals surface area contributed by atoms with E-state index in [4.69, 9.17) is 10.1 Å². The number of carbonyl (C=O) groups is 1. The summed E-state index contributed by atoms with van der Waals surface area (Å²) in [5.74, 6) is -0.000659. The Bertz CT molecular complexity index is 1180. The van der Waals surface area contributed by atoms with Crippen molar-refractivity contribution in [3.8, 4) is 6.07 Å². The lowest BCUT2D eigenvalue weighted by atomic mass is 10.1. The first-order valence-corrected chi connectivity index (χ1v) is 11.7. The van der Waals surface area contributed by atoms with Crippen LogP contribution in [-0.2, 0) is 22.3 Å². The maximum absolute atomic E-state index is 12.9. The molecule has 0 amide bonds. The number of thioether (sulfide) groups is 2. The number of aliphatic carboxylic acids is 1. The van der Waals surface area contributed by atoms with Crippen LogP contribution < -0.4 is 4.90 Å². The van der Waals surface area contributed by atoms with E-state index in [9.17, 15) is 23.2 Å². The first-order valence-electron chi connectivity index (χ1n) is 9.93. The van der Waals surface area contributed by atoms with Gasteiger partial charge in [-0.2, -0.15) is 18.4 Å². The van der Waals surface area contributed by atoms with Crippen molar-refractivity contribution in [2.45, 2.75) is 41.8 Å². The number of hydrogen-bond donors (Lipinski definition) is 1. The zero-order valence-corrected chi connectivity index (χ0v) is 19.0. The van der Waals surface area contributed by atoms with Crippen LogP contribution in [0.3, 0.4) is 0 Å². The van der Waals surface area contributed by atoms with Gasteiger partial charge in [0.2, 0.25) is 0 Å². The van der Waals surface area contributed by atoms with E-state index >= 15 is 0 Å². The monoisotopic (exact) mass is 493 g/mol. The second kappa shape index (κ2) is 8.87. The second-order valence-corrected chi connectivity index (χ2v) is 9.97. The van der Waals surface area contributed by atoms with Gasteiger partial charge in [-0.15, -0.1) is 10.2 Å². The summed E-state index contributed by atoms with van der Waals surface area (Å²) in [5, 5.41) is 27.4. The molecule has 1 spiro atoms. The molecule has 2 aromatic rings. The fourth-order valence-electron chi connectivity index (χ4n) is 3.37. The van der Waals surface area contributed by atoms with Crippen LogP contribution in [0.1, 0.15) is 41.5 Å². The molecule has 4 rings (SSSR count). The van der Waals surface area contributed by atoms with Crippen LogP contribution in [0.25, 0.3) is 0 Å². The molecule has 2 heterocycles. The van der Waals surface area contributed by atoms with Gasteiger partial charge in [0.25, 0.3) is 0 Å². The molecule has 0 unspecified atom stereocenters. The Labute approximate surface area is 196 Å². The number of aliphatic imine (C=N–C) groups is 1. The number of carboxylic acids is 1. The zero-order valence-electron chi connectivity index (χ0n) is 17.4. The number of hydrogen-bond acceptors (Lipinski definition) is 8. The summed E-state index contributed by atoms with van der Waals surface area (Å²) in [7, 11) is 1.76. The maximum atomic E-state index is 12.9. The zero-order chi connectivity index (χ0) is 23.8. The maximum Gasteiger partial charge on any atom is 0.416 e. The summed E-state index contributed by atoms with van der Waals surface area (Å²) in [6.07, 6.45) is -2.82. The molecule has 0 saturated heterocycles. The molecule has 12 heteroatoms. The number of alkyl halides is 3. The first kappa shape index (κ1) is 23.4. The van der Waals surface area contributed by atoms with Crippen molar-refractivity contribution in [1.29, 1.82) is 5.26 Å². The molecule has 1 aliphatic carbocycles. The molecule has 0 atom stereocenters. The van der Waals surface area contributed by atoms with Gasteiger partial charge >= 0.3 is 12.1 Å². The predicted octanol–water partition coefficient (Wildman–Crippen LogP) is 4.66. The topological polar surface area (TPSA) is 102 Å². The fourth-order valence-corrected chi connectivity index (χ4v) is 5.61. The quantitative estimate of drug-likeness (QED) is 0.620. The van der Waals surface area contributed by atoms with E-state index in [1.54, 1.807) is 11.9 Å². The van der Waals surface area contributed by atoms with E-state index in [-0.39, 0.29) is 17.5 Å². The van der Waals surface area contributed by atoms with Gasteiger partial charge < -0.3 is 10.0 Å². The van der Waals surface area contributed by atoms with Crippen molar-refractivity contribution < 1.29 is 23.1 Å². The van der Waals surface area contributed by atoms with Gasteiger partial charge in [0.1, 0.15) is 9.40 Å². The van der Waals surface area contributed by atoms with E-state index in [1.165, 1.54) is 29.6 Å². The Morgan fingerprint density at radius 2 is 2.09 bits per heavy atom. The molecular weight excluding hydrogens is 475 g/mol. The number of aromatic nitrogens is 2. The van der Waals surface area contributed by atoms with Crippen molar-refractivity contribution in [1.82, 2.24) is 10.2 Å². The highest BCUT2D eigenvalue weighted by molar-refractivity contribution is 8.38. The third-order valence-corrected chi connectivity index (χ3v) is 7.58. The lowest BCUT2D eigenvalue weighted by Crippen LogP contribution is -2.24. The highest BCUT2D eigenvalue weighted by Gasteiger charge is 2.49. The number of anilines is 1. The third kappa shape index (κ3) is 5.09. The van der Waals surface area contributed by atoms with Crippen LogP contribution in [0.15, 0.2) is 34.3 Å². The Hall–Kier alpha value is -2.78. The molecule has 2 aliphatic rings. The van der Waals surface area contributed by atoms with Crippen molar-refractivity contribution in [3.05, 3.63) is 46.5 Å². The first-order chi connectivity index (χ1) is 15.6. The minimum Gasteiger partial charge on any atom is -0.481 e. The summed E-state index contributed by atoms with van der Waals surface area (Å²) in [5.41, 5.74) is 0.225. The predicted molar refractivity (Wildman–Crippen MR) is 119 cm³/mol. The van der Waals surface area contributed by atoms with Crippen LogP contribution >= 0.6 is 23.5 Å². The molecule has 1 saturated carbocycles. The highest BCUT2D eigenvalue weighted by Crippen LogP contribution is 2.56. The molecular formula is C21H18F3N5O2S2. The van der Waals surface area contributed by atoms with Crippen LogP contribution in [0.2, 0.25) is 0 Å². The molecule has 1 aliphatic heterocycles. The van der Waals surface area contributed by atoms with Crippen LogP contribution in [-0.4, -0.2) is 39.2 Å². The van der Waals surface area contributed by atoms with Gasteiger partial charge in [-0.25, -0.2) is 0 Å². The molecule has 1 fully saturated rings. The Kier molecular flexibility index (Phi) is 6.28. The number of halogens is 3. The molecule has 1 aromatic carbocycles. The standard InChI is InChI=1S/C21H18F3N5O2S2/c1-29(7-4-17(30)31)16-9-15-18(28-27-16)33-19(26-20(15)5-6-20)32-11-12-2-3-14(21(22,23)24)8-13(12)10-25/h2-3,8-9H,4-7,11H2,1H3,(H,30,31). The summed E-state index contributed by atoms with van der Waals surface area (Å²) >= 11 is 2.70. The lowest BCUT2D eigenvalue weighted by molar-refractivity contribution is -0.138. The highest BCUT2D eigenvalue weighted by atomic mass is 32.2. The number of fused-ring (bicyclic) bond motifs is 2. The average molecular weight is 494 g/mol. The summed E-state index contributed by atoms with van der Waals surface area (Å²) < 4.78 is 39.5. The minimum atomic E-state index is -4.50. The number of benzene rings is 1. The Balaban J connectivity index is 1.49. The number of rotatable bonds is 6. The van der Waals surface area contributed by atoms with E-state index in [0.29, 0.717) is 28.7 Å². The van der Waals surface area contributed by atoms with Crippen LogP contribution in [0.4, 0.5) is 19.0 Å². The van der Waals surface area contributed by atoms with Crippen LogP contribution in [0.5, 0.6) is 0 Å². The SMILES string of the molecule is CN(CCC(=O)O)c1cc2c(nn1)SC(SCc1ccc(C(F)(F)F)cc1C#N)=NC21CC1. The number of nitriles is 1. The Morgan fingerprint density at radius 3 is 2.73 bits per heavy atom. The molecule has 33 heavy (non-hydrogen) atoms. The molecule has 172 valence electrons. The normalized spacial score (nSPS) is 16.0. The lowest BCUT2D eigenvalue weighted by Gasteiger charge is -2.24. The largest absolute Gasteiger partial charge is 0.481 e. The van der Waals surface area contributed by atoms with Gasteiger partial charge in [-0.3, -0.25) is 9.79 Å². The van der Waals surface area contributed by atoms with E-state index in [0.717, 1.165) is 34.9 Å².